The minimum Gasteiger partial charge on any atom is -0.294 e. The van der Waals surface area contributed by atoms with Gasteiger partial charge in [0.2, 0.25) is 5.91 Å². The first kappa shape index (κ1) is 8.61. The second-order valence-electron chi connectivity index (χ2n) is 2.26. The summed E-state index contributed by atoms with van der Waals surface area (Å²) >= 11 is 0. The molecule has 5 heteroatoms. The number of rotatable bonds is 3. The number of amides is 1. The van der Waals surface area contributed by atoms with E-state index in [-0.39, 0.29) is 5.91 Å². The minimum absolute atomic E-state index is 0.194. The normalized spacial score (nSPS) is 9.42. The van der Waals surface area contributed by atoms with Gasteiger partial charge in [-0.25, -0.2) is 5.84 Å². The summed E-state index contributed by atoms with van der Waals surface area (Å²) in [6, 6.07) is 0. The predicted molar refractivity (Wildman–Crippen MR) is 42.7 cm³/mol. The minimum atomic E-state index is -0.194. The van der Waals surface area contributed by atoms with Gasteiger partial charge in [-0.1, -0.05) is 0 Å². The van der Waals surface area contributed by atoms with Crippen LogP contribution < -0.4 is 11.3 Å². The van der Waals surface area contributed by atoms with E-state index in [1.165, 1.54) is 0 Å². The lowest BCUT2D eigenvalue weighted by atomic mass is 10.2. The standard InChI is InChI=1S/C7H10N4O/c8-11-7(12)2-1-6-5-9-3-4-10-6/h3-5H,1-2,8H2,(H,11,12). The number of nitrogens with two attached hydrogens (primary N) is 1. The maximum Gasteiger partial charge on any atom is 0.234 e. The number of nitrogens with one attached hydrogen (secondary N) is 1. The Morgan fingerprint density at radius 1 is 1.58 bits per heavy atom. The molecule has 12 heavy (non-hydrogen) atoms. The van der Waals surface area contributed by atoms with Gasteiger partial charge in [-0.05, 0) is 6.42 Å². The predicted octanol–water partition coefficient (Wildman–Crippen LogP) is -0.601. The molecule has 1 aromatic heterocycles. The molecular weight excluding hydrogens is 156 g/mol. The van der Waals surface area contributed by atoms with Crippen LogP contribution in [0.3, 0.4) is 0 Å². The van der Waals surface area contributed by atoms with E-state index in [1.54, 1.807) is 18.6 Å². The van der Waals surface area contributed by atoms with Gasteiger partial charge in [-0.15, -0.1) is 0 Å². The zero-order valence-corrected chi connectivity index (χ0v) is 6.53. The van der Waals surface area contributed by atoms with Crippen LogP contribution in [0.25, 0.3) is 0 Å². The Kier molecular flexibility index (Phi) is 3.16. The SMILES string of the molecule is NNC(=O)CCc1cnccn1. The van der Waals surface area contributed by atoms with Crippen molar-refractivity contribution in [3.8, 4) is 0 Å². The molecule has 0 aliphatic heterocycles. The molecule has 0 unspecified atom stereocenters. The average Bonchev–Trinajstić information content (AvgIpc) is 2.16. The van der Waals surface area contributed by atoms with Crippen LogP contribution in [0.2, 0.25) is 0 Å². The molecule has 0 aliphatic rings. The van der Waals surface area contributed by atoms with Crippen LogP contribution in [0.4, 0.5) is 0 Å². The summed E-state index contributed by atoms with van der Waals surface area (Å²) in [5.74, 6) is 4.71. The highest BCUT2D eigenvalue weighted by atomic mass is 16.2. The van der Waals surface area contributed by atoms with E-state index >= 15 is 0 Å². The molecule has 0 saturated heterocycles. The van der Waals surface area contributed by atoms with Crippen LogP contribution in [0.15, 0.2) is 18.6 Å². The van der Waals surface area contributed by atoms with E-state index in [1.807, 2.05) is 5.43 Å². The summed E-state index contributed by atoms with van der Waals surface area (Å²) in [5, 5.41) is 0. The Hall–Kier alpha value is -1.49. The number of carbonyl (C=O) groups is 1. The fraction of sp³-hybridized carbons (Fsp3) is 0.286. The van der Waals surface area contributed by atoms with Crippen LogP contribution >= 0.6 is 0 Å². The van der Waals surface area contributed by atoms with Crippen LogP contribution in [-0.4, -0.2) is 15.9 Å². The second kappa shape index (κ2) is 4.40. The first-order valence-electron chi connectivity index (χ1n) is 3.57. The highest BCUT2D eigenvalue weighted by Gasteiger charge is 1.99. The molecule has 1 amide bonds. The summed E-state index contributed by atoms with van der Waals surface area (Å²) in [6.07, 6.45) is 5.72. The van der Waals surface area contributed by atoms with Crippen molar-refractivity contribution in [2.24, 2.45) is 5.84 Å². The molecule has 64 valence electrons. The Labute approximate surface area is 70.0 Å². The van der Waals surface area contributed by atoms with Gasteiger partial charge in [0.25, 0.3) is 0 Å². The number of hydrazine groups is 1. The maximum atomic E-state index is 10.7. The number of aryl methyl sites for hydroxylation is 1. The third-order valence-corrected chi connectivity index (χ3v) is 1.39. The van der Waals surface area contributed by atoms with Gasteiger partial charge < -0.3 is 0 Å². The molecule has 0 saturated carbocycles. The van der Waals surface area contributed by atoms with Gasteiger partial charge in [0.15, 0.2) is 0 Å². The van der Waals surface area contributed by atoms with Crippen molar-refractivity contribution in [3.63, 3.8) is 0 Å². The lowest BCUT2D eigenvalue weighted by molar-refractivity contribution is -0.121. The molecular formula is C7H10N4O. The van der Waals surface area contributed by atoms with Crippen molar-refractivity contribution in [2.75, 3.05) is 0 Å². The maximum absolute atomic E-state index is 10.7. The summed E-state index contributed by atoms with van der Waals surface area (Å²) in [5.41, 5.74) is 2.84. The van der Waals surface area contributed by atoms with Crippen molar-refractivity contribution in [3.05, 3.63) is 24.3 Å². The zero-order valence-electron chi connectivity index (χ0n) is 6.53. The van der Waals surface area contributed by atoms with Gasteiger partial charge in [-0.2, -0.15) is 0 Å². The fourth-order valence-electron chi connectivity index (χ4n) is 0.773. The van der Waals surface area contributed by atoms with Crippen molar-refractivity contribution in [1.82, 2.24) is 15.4 Å². The van der Waals surface area contributed by atoms with Gasteiger partial charge in [0, 0.05) is 25.0 Å². The molecule has 0 radical (unpaired) electrons. The number of hydrogen-bond donors (Lipinski definition) is 2. The number of hydrogen-bond acceptors (Lipinski definition) is 4. The zero-order chi connectivity index (χ0) is 8.81. The Morgan fingerprint density at radius 3 is 3.00 bits per heavy atom. The number of aromatic nitrogens is 2. The molecule has 1 heterocycles. The first-order chi connectivity index (χ1) is 5.83. The van der Waals surface area contributed by atoms with E-state index in [9.17, 15) is 4.79 Å². The fourth-order valence-corrected chi connectivity index (χ4v) is 0.773. The summed E-state index contributed by atoms with van der Waals surface area (Å²) in [4.78, 5) is 18.6. The second-order valence-corrected chi connectivity index (χ2v) is 2.26. The summed E-state index contributed by atoms with van der Waals surface area (Å²) < 4.78 is 0. The molecule has 0 fully saturated rings. The Bertz CT molecular complexity index is 249. The van der Waals surface area contributed by atoms with E-state index in [2.05, 4.69) is 9.97 Å². The van der Waals surface area contributed by atoms with Crippen molar-refractivity contribution in [2.45, 2.75) is 12.8 Å². The topological polar surface area (TPSA) is 80.9 Å². The molecule has 0 bridgehead atoms. The molecule has 0 atom stereocenters. The molecule has 0 aliphatic carbocycles. The van der Waals surface area contributed by atoms with Crippen LogP contribution in [0.5, 0.6) is 0 Å². The quantitative estimate of drug-likeness (QED) is 0.357. The van der Waals surface area contributed by atoms with Crippen LogP contribution in [0.1, 0.15) is 12.1 Å². The molecule has 1 rings (SSSR count). The molecule has 5 nitrogen and oxygen atoms in total. The summed E-state index contributed by atoms with van der Waals surface area (Å²) in [6.45, 7) is 0. The summed E-state index contributed by atoms with van der Waals surface area (Å²) in [7, 11) is 0. The van der Waals surface area contributed by atoms with E-state index in [4.69, 9.17) is 5.84 Å². The van der Waals surface area contributed by atoms with Crippen molar-refractivity contribution in [1.29, 1.82) is 0 Å². The van der Waals surface area contributed by atoms with Gasteiger partial charge in [0.1, 0.15) is 0 Å². The highest BCUT2D eigenvalue weighted by Crippen LogP contribution is 1.94. The molecule has 1 aromatic rings. The lowest BCUT2D eigenvalue weighted by Gasteiger charge is -1.97. The number of carbonyl (C=O) groups excluding carboxylic acids is 1. The van der Waals surface area contributed by atoms with Gasteiger partial charge in [0.05, 0.1) is 5.69 Å². The van der Waals surface area contributed by atoms with Crippen LogP contribution in [-0.2, 0) is 11.2 Å². The average molecular weight is 166 g/mol. The third-order valence-electron chi connectivity index (χ3n) is 1.39. The lowest BCUT2D eigenvalue weighted by Crippen LogP contribution is -2.30. The molecule has 0 spiro atoms. The van der Waals surface area contributed by atoms with E-state index in [0.717, 1.165) is 5.69 Å². The Balaban J connectivity index is 2.38. The first-order valence-corrected chi connectivity index (χ1v) is 3.57. The van der Waals surface area contributed by atoms with E-state index < -0.39 is 0 Å². The smallest absolute Gasteiger partial charge is 0.234 e. The van der Waals surface area contributed by atoms with Gasteiger partial charge >= 0.3 is 0 Å². The Morgan fingerprint density at radius 2 is 2.42 bits per heavy atom. The molecule has 0 aromatic carbocycles. The van der Waals surface area contributed by atoms with E-state index in [0.29, 0.717) is 12.8 Å². The van der Waals surface area contributed by atoms with Gasteiger partial charge in [-0.3, -0.25) is 20.2 Å². The number of nitrogens with zero attached hydrogens (tertiary/aromatic N) is 2. The van der Waals surface area contributed by atoms with Crippen molar-refractivity contribution >= 4 is 5.91 Å². The molecule has 3 N–H and O–H groups in total. The largest absolute Gasteiger partial charge is 0.294 e. The third kappa shape index (κ3) is 2.63. The van der Waals surface area contributed by atoms with Crippen LogP contribution in [0, 0.1) is 0 Å². The monoisotopic (exact) mass is 166 g/mol. The van der Waals surface area contributed by atoms with Crippen molar-refractivity contribution < 1.29 is 4.79 Å². The highest BCUT2D eigenvalue weighted by molar-refractivity contribution is 5.75.